The Kier molecular flexibility index (Phi) is 4.29. The molecule has 0 unspecified atom stereocenters. The number of nitrogens with zero attached hydrogens (tertiary/aromatic N) is 1. The lowest BCUT2D eigenvalue weighted by atomic mass is 9.78. The number of anilines is 1. The van der Waals surface area contributed by atoms with E-state index in [0.717, 1.165) is 0 Å². The van der Waals surface area contributed by atoms with Gasteiger partial charge in [0.05, 0.1) is 33.5 Å². The Balaban J connectivity index is 1.75. The van der Waals surface area contributed by atoms with Crippen LogP contribution in [0.2, 0.25) is 0 Å². The summed E-state index contributed by atoms with van der Waals surface area (Å²) in [5, 5.41) is 7.61. The largest absolute Gasteiger partial charge is 0.494 e. The van der Waals surface area contributed by atoms with Crippen LogP contribution in [-0.2, 0) is 19.3 Å². The fourth-order valence-corrected chi connectivity index (χ4v) is 4.17. The number of fused-ring (bicyclic) bond motifs is 1. The highest BCUT2D eigenvalue weighted by Crippen LogP contribution is 2.37. The summed E-state index contributed by atoms with van der Waals surface area (Å²) in [6, 6.07) is 11.8. The standard InChI is InChI=1S/C19H22BN3O4S/c1-18(2)19(3,4)27-20(26-18)13-10-16-15(12-21-22-16)17(11-13)23-28(24,25)14-8-6-5-7-9-14/h5-12,23H,1-4H3,(H,21,22). The third-order valence-electron chi connectivity index (χ3n) is 5.40. The number of benzene rings is 2. The van der Waals surface area contributed by atoms with Crippen LogP contribution in [0.3, 0.4) is 0 Å². The van der Waals surface area contributed by atoms with E-state index in [2.05, 4.69) is 14.9 Å². The van der Waals surface area contributed by atoms with Crippen molar-refractivity contribution in [1.29, 1.82) is 0 Å². The quantitative estimate of drug-likeness (QED) is 0.658. The highest BCUT2D eigenvalue weighted by atomic mass is 32.2. The van der Waals surface area contributed by atoms with Crippen LogP contribution in [0.1, 0.15) is 27.7 Å². The van der Waals surface area contributed by atoms with Crippen LogP contribution in [0.5, 0.6) is 0 Å². The Morgan fingerprint density at radius 1 is 1.04 bits per heavy atom. The molecule has 28 heavy (non-hydrogen) atoms. The maximum absolute atomic E-state index is 12.8. The summed E-state index contributed by atoms with van der Waals surface area (Å²) in [4.78, 5) is 0.188. The summed E-state index contributed by atoms with van der Waals surface area (Å²) in [7, 11) is -4.36. The van der Waals surface area contributed by atoms with Crippen molar-refractivity contribution in [1.82, 2.24) is 10.2 Å². The second-order valence-electron chi connectivity index (χ2n) is 7.91. The highest BCUT2D eigenvalue weighted by Gasteiger charge is 2.51. The average Bonchev–Trinajstić information content (AvgIpc) is 3.17. The van der Waals surface area contributed by atoms with Gasteiger partial charge in [-0.1, -0.05) is 18.2 Å². The molecule has 1 fully saturated rings. The molecule has 1 aliphatic rings. The van der Waals surface area contributed by atoms with E-state index in [-0.39, 0.29) is 4.90 Å². The summed E-state index contributed by atoms with van der Waals surface area (Å²) in [6.07, 6.45) is 1.59. The molecular weight excluding hydrogens is 377 g/mol. The predicted molar refractivity (Wildman–Crippen MR) is 109 cm³/mol. The van der Waals surface area contributed by atoms with Crippen LogP contribution in [0.15, 0.2) is 53.6 Å². The normalized spacial score (nSPS) is 18.5. The Bertz CT molecular complexity index is 1110. The average molecular weight is 399 g/mol. The fraction of sp³-hybridized carbons (Fsp3) is 0.316. The molecule has 1 aromatic heterocycles. The number of hydrogen-bond acceptors (Lipinski definition) is 5. The van der Waals surface area contributed by atoms with Gasteiger partial charge in [-0.3, -0.25) is 9.82 Å². The smallest absolute Gasteiger partial charge is 0.399 e. The summed E-state index contributed by atoms with van der Waals surface area (Å²) >= 11 is 0. The van der Waals surface area contributed by atoms with Crippen molar-refractivity contribution < 1.29 is 17.7 Å². The zero-order chi connectivity index (χ0) is 20.2. The Labute approximate surface area is 164 Å². The lowest BCUT2D eigenvalue weighted by molar-refractivity contribution is 0.00578. The van der Waals surface area contributed by atoms with E-state index in [4.69, 9.17) is 9.31 Å². The number of hydrogen-bond donors (Lipinski definition) is 2. The molecule has 3 aromatic rings. The summed E-state index contributed by atoms with van der Waals surface area (Å²) in [6.45, 7) is 7.89. The van der Waals surface area contributed by atoms with Gasteiger partial charge in [-0.05, 0) is 57.4 Å². The molecule has 146 valence electrons. The van der Waals surface area contributed by atoms with Crippen LogP contribution in [0, 0.1) is 0 Å². The van der Waals surface area contributed by atoms with E-state index in [0.29, 0.717) is 22.1 Å². The Morgan fingerprint density at radius 2 is 1.68 bits per heavy atom. The van der Waals surface area contributed by atoms with Gasteiger partial charge in [0.15, 0.2) is 0 Å². The van der Waals surface area contributed by atoms with E-state index < -0.39 is 28.3 Å². The van der Waals surface area contributed by atoms with Crippen molar-refractivity contribution in [2.45, 2.75) is 43.8 Å². The summed E-state index contributed by atoms with van der Waals surface area (Å²) in [5.41, 5.74) is 0.827. The Hall–Kier alpha value is -2.36. The first-order chi connectivity index (χ1) is 13.1. The molecule has 9 heteroatoms. The highest BCUT2D eigenvalue weighted by molar-refractivity contribution is 7.92. The predicted octanol–water partition coefficient (Wildman–Crippen LogP) is 2.66. The van der Waals surface area contributed by atoms with Gasteiger partial charge in [0.1, 0.15) is 0 Å². The van der Waals surface area contributed by atoms with Gasteiger partial charge in [0, 0.05) is 5.39 Å². The first-order valence-electron chi connectivity index (χ1n) is 9.00. The van der Waals surface area contributed by atoms with Crippen molar-refractivity contribution in [3.8, 4) is 0 Å². The molecule has 1 saturated heterocycles. The molecule has 1 aliphatic heterocycles. The first-order valence-corrected chi connectivity index (χ1v) is 10.5. The molecule has 7 nitrogen and oxygen atoms in total. The SMILES string of the molecule is CC1(C)OB(c2cc(NS(=O)(=O)c3ccccc3)c3cn[nH]c3c2)OC1(C)C. The minimum Gasteiger partial charge on any atom is -0.399 e. The second kappa shape index (κ2) is 6.33. The molecule has 0 aliphatic carbocycles. The maximum Gasteiger partial charge on any atom is 0.494 e. The summed E-state index contributed by atoms with van der Waals surface area (Å²) in [5.74, 6) is 0. The second-order valence-corrected chi connectivity index (χ2v) is 9.59. The third kappa shape index (κ3) is 3.19. The van der Waals surface area contributed by atoms with Crippen LogP contribution >= 0.6 is 0 Å². The van der Waals surface area contributed by atoms with Gasteiger partial charge < -0.3 is 9.31 Å². The topological polar surface area (TPSA) is 93.3 Å². The molecule has 2 N–H and O–H groups in total. The molecule has 4 rings (SSSR count). The maximum atomic E-state index is 12.8. The number of rotatable bonds is 4. The molecule has 0 saturated carbocycles. The van der Waals surface area contributed by atoms with Gasteiger partial charge in [0.2, 0.25) is 0 Å². The molecule has 0 amide bonds. The van der Waals surface area contributed by atoms with Crippen molar-refractivity contribution in [3.05, 3.63) is 48.7 Å². The zero-order valence-corrected chi connectivity index (χ0v) is 17.0. The molecule has 2 heterocycles. The number of aromatic amines is 1. The number of aromatic nitrogens is 2. The van der Waals surface area contributed by atoms with Crippen molar-refractivity contribution in [2.24, 2.45) is 0 Å². The van der Waals surface area contributed by atoms with Gasteiger partial charge in [-0.2, -0.15) is 5.10 Å². The van der Waals surface area contributed by atoms with E-state index in [1.165, 1.54) is 0 Å². The fourth-order valence-electron chi connectivity index (χ4n) is 3.08. The van der Waals surface area contributed by atoms with Crippen molar-refractivity contribution in [2.75, 3.05) is 4.72 Å². The minimum atomic E-state index is -3.74. The third-order valence-corrected chi connectivity index (χ3v) is 6.79. The monoisotopic (exact) mass is 399 g/mol. The van der Waals surface area contributed by atoms with E-state index in [9.17, 15) is 8.42 Å². The summed E-state index contributed by atoms with van der Waals surface area (Å²) < 4.78 is 40.5. The molecule has 0 bridgehead atoms. The Morgan fingerprint density at radius 3 is 2.32 bits per heavy atom. The molecule has 0 radical (unpaired) electrons. The van der Waals surface area contributed by atoms with Crippen LogP contribution in [0.4, 0.5) is 5.69 Å². The van der Waals surface area contributed by atoms with Crippen molar-refractivity contribution >= 4 is 39.2 Å². The van der Waals surface area contributed by atoms with Crippen LogP contribution < -0.4 is 10.2 Å². The van der Waals surface area contributed by atoms with Gasteiger partial charge in [-0.25, -0.2) is 8.42 Å². The molecular formula is C19H22BN3O4S. The lowest BCUT2D eigenvalue weighted by Crippen LogP contribution is -2.41. The molecule has 0 atom stereocenters. The molecule has 0 spiro atoms. The van der Waals surface area contributed by atoms with E-state index in [1.54, 1.807) is 42.6 Å². The zero-order valence-electron chi connectivity index (χ0n) is 16.2. The van der Waals surface area contributed by atoms with Gasteiger partial charge in [-0.15, -0.1) is 0 Å². The minimum absolute atomic E-state index is 0.188. The number of H-pyrrole nitrogens is 1. The van der Waals surface area contributed by atoms with Crippen molar-refractivity contribution in [3.63, 3.8) is 0 Å². The van der Waals surface area contributed by atoms with E-state index >= 15 is 0 Å². The number of nitrogens with one attached hydrogen (secondary N) is 2. The van der Waals surface area contributed by atoms with E-state index in [1.807, 2.05) is 33.8 Å². The lowest BCUT2D eigenvalue weighted by Gasteiger charge is -2.32. The van der Waals surface area contributed by atoms with Crippen LogP contribution in [-0.4, -0.2) is 36.9 Å². The first kappa shape index (κ1) is 19.0. The molecule has 2 aromatic carbocycles. The van der Waals surface area contributed by atoms with Gasteiger partial charge in [0.25, 0.3) is 10.0 Å². The van der Waals surface area contributed by atoms with Crippen LogP contribution in [0.25, 0.3) is 10.9 Å². The number of sulfonamides is 1. The van der Waals surface area contributed by atoms with Gasteiger partial charge >= 0.3 is 7.12 Å².